The summed E-state index contributed by atoms with van der Waals surface area (Å²) in [5.74, 6) is 2.99. The Morgan fingerprint density at radius 2 is 1.14 bits per heavy atom. The molecule has 0 unspecified atom stereocenters. The van der Waals surface area contributed by atoms with E-state index in [0.29, 0.717) is 6.61 Å². The Kier molecular flexibility index (Phi) is 13.1. The molecule has 0 aliphatic heterocycles. The van der Waals surface area contributed by atoms with Crippen LogP contribution in [0.3, 0.4) is 0 Å². The monoisotopic (exact) mass is 487 g/mol. The first-order chi connectivity index (χ1) is 17.0. The summed E-state index contributed by atoms with van der Waals surface area (Å²) in [6.07, 6.45) is 1.77. The predicted octanol–water partition coefficient (Wildman–Crippen LogP) is 8.47. The van der Waals surface area contributed by atoms with Crippen molar-refractivity contribution in [3.05, 3.63) is 120 Å². The third-order valence-electron chi connectivity index (χ3n) is 4.80. The summed E-state index contributed by atoms with van der Waals surface area (Å²) in [6, 6.07) is 30.5. The van der Waals surface area contributed by atoms with Crippen LogP contribution in [-0.4, -0.2) is 17.3 Å². The van der Waals surface area contributed by atoms with Gasteiger partial charge in [0.05, 0.1) is 12.3 Å². The van der Waals surface area contributed by atoms with Gasteiger partial charge in [-0.05, 0) is 82.0 Å². The van der Waals surface area contributed by atoms with E-state index >= 15 is 0 Å². The summed E-state index contributed by atoms with van der Waals surface area (Å²) in [5, 5.41) is 0. The zero-order chi connectivity index (χ0) is 25.3. The Hall–Kier alpha value is -3.24. The molecule has 0 bridgehead atoms. The second-order valence-corrected chi connectivity index (χ2v) is 9.25. The van der Waals surface area contributed by atoms with Gasteiger partial charge in [0.2, 0.25) is 0 Å². The number of ether oxygens (including phenoxy) is 2. The van der Waals surface area contributed by atoms with Crippen LogP contribution in [0.25, 0.3) is 0 Å². The van der Waals surface area contributed by atoms with Gasteiger partial charge in [-0.25, -0.2) is 0 Å². The second-order valence-electron chi connectivity index (χ2n) is 7.91. The van der Waals surface area contributed by atoms with E-state index < -0.39 is 0 Å². The van der Waals surface area contributed by atoms with E-state index in [2.05, 4.69) is 56.9 Å². The van der Waals surface area contributed by atoms with Gasteiger partial charge in [-0.3, -0.25) is 4.98 Å². The molecule has 0 atom stereocenters. The van der Waals surface area contributed by atoms with Gasteiger partial charge in [-0.15, -0.1) is 11.8 Å². The topological polar surface area (TPSA) is 31.4 Å². The molecule has 3 nitrogen and oxygen atoms in total. The minimum absolute atomic E-state index is 0.518. The molecule has 0 saturated carbocycles. The van der Waals surface area contributed by atoms with E-state index in [1.165, 1.54) is 21.6 Å². The molecule has 3 aromatic carbocycles. The number of aromatic nitrogens is 1. The Morgan fingerprint density at radius 1 is 0.629 bits per heavy atom. The van der Waals surface area contributed by atoms with Crippen LogP contribution in [0.1, 0.15) is 36.2 Å². The summed E-state index contributed by atoms with van der Waals surface area (Å²) < 4.78 is 10.8. The molecule has 0 amide bonds. The Balaban J connectivity index is 0.000000192. The molecule has 4 heteroatoms. The number of pyridine rings is 1. The van der Waals surface area contributed by atoms with E-state index in [0.717, 1.165) is 29.6 Å². The van der Waals surface area contributed by atoms with Crippen molar-refractivity contribution < 1.29 is 9.47 Å². The van der Waals surface area contributed by atoms with Crippen molar-refractivity contribution in [2.45, 2.75) is 46.1 Å². The molecule has 184 valence electrons. The number of hydrogen-bond donors (Lipinski definition) is 0. The zero-order valence-electron chi connectivity index (χ0n) is 21.5. The van der Waals surface area contributed by atoms with Gasteiger partial charge in [0.25, 0.3) is 0 Å². The Morgan fingerprint density at radius 3 is 1.60 bits per heavy atom. The molecule has 0 radical (unpaired) electrons. The van der Waals surface area contributed by atoms with Crippen LogP contribution in [-0.2, 0) is 6.61 Å². The molecule has 4 aromatic rings. The van der Waals surface area contributed by atoms with Crippen LogP contribution >= 0.6 is 11.8 Å². The number of hydrogen-bond acceptors (Lipinski definition) is 4. The molecule has 0 aliphatic carbocycles. The van der Waals surface area contributed by atoms with Gasteiger partial charge in [0.15, 0.2) is 0 Å². The molecule has 1 aromatic heterocycles. The van der Waals surface area contributed by atoms with Crippen LogP contribution in [0.5, 0.6) is 11.5 Å². The highest BCUT2D eigenvalue weighted by molar-refractivity contribution is 7.99. The van der Waals surface area contributed by atoms with E-state index in [9.17, 15) is 0 Å². The average molecular weight is 488 g/mol. The normalized spacial score (nSPS) is 9.74. The van der Waals surface area contributed by atoms with Crippen LogP contribution in [0.2, 0.25) is 0 Å². The summed E-state index contributed by atoms with van der Waals surface area (Å²) in [5.41, 5.74) is 4.78. The molecule has 0 N–H and O–H groups in total. The minimum atomic E-state index is 0.518. The SMILES string of the molecule is CCOc1ccc(C)cc1.CCSc1ccc(C)cc1.Cc1ccc(OCc2ccccn2)cc1. The molecule has 1 heterocycles. The number of thioether (sulfide) groups is 1. The van der Waals surface area contributed by atoms with Crippen molar-refractivity contribution in [3.8, 4) is 11.5 Å². The van der Waals surface area contributed by atoms with Crippen LogP contribution in [0.15, 0.2) is 102 Å². The van der Waals surface area contributed by atoms with Crippen molar-refractivity contribution in [1.82, 2.24) is 4.98 Å². The fourth-order valence-electron chi connectivity index (χ4n) is 2.88. The van der Waals surface area contributed by atoms with Crippen molar-refractivity contribution in [2.75, 3.05) is 12.4 Å². The average Bonchev–Trinajstić information content (AvgIpc) is 2.88. The lowest BCUT2D eigenvalue weighted by Crippen LogP contribution is -1.97. The van der Waals surface area contributed by atoms with E-state index in [-0.39, 0.29) is 0 Å². The number of rotatable bonds is 7. The zero-order valence-corrected chi connectivity index (χ0v) is 22.3. The van der Waals surface area contributed by atoms with Crippen LogP contribution in [0, 0.1) is 20.8 Å². The van der Waals surface area contributed by atoms with Crippen molar-refractivity contribution in [3.63, 3.8) is 0 Å². The summed E-state index contributed by atoms with van der Waals surface area (Å²) >= 11 is 1.88. The first-order valence-corrected chi connectivity index (χ1v) is 13.0. The first-order valence-electron chi connectivity index (χ1n) is 12.0. The van der Waals surface area contributed by atoms with Crippen molar-refractivity contribution >= 4 is 11.8 Å². The molecule has 0 spiro atoms. The largest absolute Gasteiger partial charge is 0.494 e. The number of benzene rings is 3. The Bertz CT molecular complexity index is 1020. The fraction of sp³-hybridized carbons (Fsp3) is 0.258. The third kappa shape index (κ3) is 12.2. The number of aryl methyl sites for hydroxylation is 3. The van der Waals surface area contributed by atoms with Gasteiger partial charge in [-0.2, -0.15) is 0 Å². The molecule has 0 fully saturated rings. The summed E-state index contributed by atoms with van der Waals surface area (Å²) in [4.78, 5) is 5.55. The molecule has 4 rings (SSSR count). The lowest BCUT2D eigenvalue weighted by molar-refractivity contribution is 0.301. The minimum Gasteiger partial charge on any atom is -0.494 e. The van der Waals surface area contributed by atoms with Crippen LogP contribution in [0.4, 0.5) is 0 Å². The van der Waals surface area contributed by atoms with Gasteiger partial charge in [0, 0.05) is 11.1 Å². The summed E-state index contributed by atoms with van der Waals surface area (Å²) in [6.45, 7) is 11.6. The standard InChI is InChI=1S/C13H13NO.C9H12O.C9H12S/c1-11-5-7-13(8-6-11)15-10-12-4-2-3-9-14-12;2*1-3-10-9-6-4-8(2)5-7-9/h2-9H,10H2,1H3;2*4-7H,3H2,1-2H3. The van der Waals surface area contributed by atoms with Crippen LogP contribution < -0.4 is 9.47 Å². The van der Waals surface area contributed by atoms with Gasteiger partial charge >= 0.3 is 0 Å². The van der Waals surface area contributed by atoms with Gasteiger partial charge < -0.3 is 9.47 Å². The van der Waals surface area contributed by atoms with E-state index in [1.807, 2.05) is 85.4 Å². The molecular weight excluding hydrogens is 450 g/mol. The lowest BCUT2D eigenvalue weighted by Gasteiger charge is -2.05. The van der Waals surface area contributed by atoms with E-state index in [1.54, 1.807) is 6.20 Å². The highest BCUT2D eigenvalue weighted by Crippen LogP contribution is 2.17. The maximum Gasteiger partial charge on any atom is 0.130 e. The second kappa shape index (κ2) is 16.4. The molecular formula is C31H37NO2S. The van der Waals surface area contributed by atoms with Gasteiger partial charge in [-0.1, -0.05) is 66.1 Å². The maximum absolute atomic E-state index is 5.58. The maximum atomic E-state index is 5.58. The Labute approximate surface area is 215 Å². The molecule has 35 heavy (non-hydrogen) atoms. The number of nitrogens with zero attached hydrogens (tertiary/aromatic N) is 1. The smallest absolute Gasteiger partial charge is 0.130 e. The van der Waals surface area contributed by atoms with E-state index in [4.69, 9.17) is 9.47 Å². The third-order valence-corrected chi connectivity index (χ3v) is 5.69. The highest BCUT2D eigenvalue weighted by Gasteiger charge is 1.95. The van der Waals surface area contributed by atoms with Gasteiger partial charge in [0.1, 0.15) is 18.1 Å². The van der Waals surface area contributed by atoms with Crippen molar-refractivity contribution in [2.24, 2.45) is 0 Å². The molecule has 0 saturated heterocycles. The highest BCUT2D eigenvalue weighted by atomic mass is 32.2. The fourth-order valence-corrected chi connectivity index (χ4v) is 3.54. The van der Waals surface area contributed by atoms with Crippen molar-refractivity contribution in [1.29, 1.82) is 0 Å². The quantitative estimate of drug-likeness (QED) is 0.245. The first kappa shape index (κ1) is 28.0. The summed E-state index contributed by atoms with van der Waals surface area (Å²) in [7, 11) is 0. The lowest BCUT2D eigenvalue weighted by atomic mass is 10.2. The predicted molar refractivity (Wildman–Crippen MR) is 150 cm³/mol. The molecule has 0 aliphatic rings.